The van der Waals surface area contributed by atoms with E-state index in [2.05, 4.69) is 32.2 Å². The van der Waals surface area contributed by atoms with E-state index >= 15 is 0 Å². The van der Waals surface area contributed by atoms with E-state index in [4.69, 9.17) is 9.57 Å². The smallest absolute Gasteiger partial charge is 0.181 e. The Hall–Kier alpha value is -3.94. The van der Waals surface area contributed by atoms with Crippen LogP contribution in [0.4, 0.5) is 0 Å². The van der Waals surface area contributed by atoms with Gasteiger partial charge in [0.1, 0.15) is 18.1 Å². The summed E-state index contributed by atoms with van der Waals surface area (Å²) in [6.07, 6.45) is 9.00. The molecule has 8 nitrogen and oxygen atoms in total. The first kappa shape index (κ1) is 23.8. The van der Waals surface area contributed by atoms with Crippen molar-refractivity contribution in [3.05, 3.63) is 77.1 Å². The number of imidazole rings is 1. The Morgan fingerprint density at radius 1 is 1.22 bits per heavy atom. The van der Waals surface area contributed by atoms with Crippen molar-refractivity contribution in [2.45, 2.75) is 45.6 Å². The normalized spacial score (nSPS) is 18.4. The number of ether oxygens (including phenoxy) is 1. The van der Waals surface area contributed by atoms with Crippen LogP contribution in [0.25, 0.3) is 11.8 Å². The molecule has 0 spiro atoms. The maximum atomic E-state index is 12.7. The predicted molar refractivity (Wildman–Crippen MR) is 138 cm³/mol. The van der Waals surface area contributed by atoms with Gasteiger partial charge in [0, 0.05) is 24.9 Å². The lowest BCUT2D eigenvalue weighted by Crippen LogP contribution is -2.49. The molecule has 186 valence electrons. The predicted octanol–water partition coefficient (Wildman–Crippen LogP) is 4.75. The Kier molecular flexibility index (Phi) is 6.84. The summed E-state index contributed by atoms with van der Waals surface area (Å²) in [5.41, 5.74) is 5.44. The summed E-state index contributed by atoms with van der Waals surface area (Å²) in [5, 5.41) is 4.42. The second kappa shape index (κ2) is 10.4. The molecule has 0 radical (unpaired) electrons. The summed E-state index contributed by atoms with van der Waals surface area (Å²) in [6.45, 7) is 5.26. The maximum absolute atomic E-state index is 12.7. The monoisotopic (exact) mass is 485 g/mol. The van der Waals surface area contributed by atoms with E-state index in [1.54, 1.807) is 19.5 Å². The summed E-state index contributed by atoms with van der Waals surface area (Å²) in [7, 11) is 1.68. The number of aryl methyl sites for hydroxylation is 2. The number of methoxy groups -OCH3 is 1. The average molecular weight is 486 g/mol. The van der Waals surface area contributed by atoms with Gasteiger partial charge in [-0.15, -0.1) is 0 Å². The van der Waals surface area contributed by atoms with Gasteiger partial charge in [-0.05, 0) is 74.6 Å². The van der Waals surface area contributed by atoms with Gasteiger partial charge in [-0.1, -0.05) is 17.3 Å². The van der Waals surface area contributed by atoms with Crippen molar-refractivity contribution in [2.24, 2.45) is 5.16 Å². The van der Waals surface area contributed by atoms with Gasteiger partial charge < -0.3 is 19.0 Å². The molecule has 36 heavy (non-hydrogen) atoms. The number of carbonyl (C=O) groups is 1. The van der Waals surface area contributed by atoms with Crippen LogP contribution in [-0.4, -0.2) is 57.4 Å². The van der Waals surface area contributed by atoms with Crippen LogP contribution in [0, 0.1) is 13.8 Å². The molecule has 2 aliphatic heterocycles. The van der Waals surface area contributed by atoms with Gasteiger partial charge in [-0.25, -0.2) is 4.98 Å². The molecule has 3 aromatic rings. The molecule has 2 aromatic heterocycles. The van der Waals surface area contributed by atoms with E-state index in [-0.39, 0.29) is 11.8 Å². The Labute approximate surface area is 211 Å². The molecule has 0 N–H and O–H groups in total. The van der Waals surface area contributed by atoms with Crippen molar-refractivity contribution >= 4 is 17.7 Å². The standard InChI is InChI=1S/C28H31N5O3/c1-19-6-4-8-24(30-19)26(34)12-10-23-17-36-31-28-22(7-5-13-33(23)28)14-21-9-11-25(27(15-21)35-3)32-16-20(2)29-18-32/h4,6,8-9,11,14-16,18,23H,5,7,10,12-13,17H2,1-3H3/b22-14+/t23-/m0/s1. The van der Waals surface area contributed by atoms with E-state index in [9.17, 15) is 4.79 Å². The van der Waals surface area contributed by atoms with E-state index < -0.39 is 0 Å². The first-order valence-electron chi connectivity index (χ1n) is 12.4. The Balaban J connectivity index is 1.32. The van der Waals surface area contributed by atoms with Crippen LogP contribution in [0.2, 0.25) is 0 Å². The number of aromatic nitrogens is 3. The van der Waals surface area contributed by atoms with Crippen LogP contribution >= 0.6 is 0 Å². The van der Waals surface area contributed by atoms with Gasteiger partial charge in [0.25, 0.3) is 0 Å². The maximum Gasteiger partial charge on any atom is 0.181 e. The summed E-state index contributed by atoms with van der Waals surface area (Å²) >= 11 is 0. The Morgan fingerprint density at radius 2 is 2.11 bits per heavy atom. The highest BCUT2D eigenvalue weighted by atomic mass is 16.6. The summed E-state index contributed by atoms with van der Waals surface area (Å²) < 4.78 is 7.64. The van der Waals surface area contributed by atoms with Gasteiger partial charge in [-0.3, -0.25) is 9.78 Å². The fourth-order valence-electron chi connectivity index (χ4n) is 4.83. The number of hydrogen-bond donors (Lipinski definition) is 0. The van der Waals surface area contributed by atoms with Crippen molar-refractivity contribution < 1.29 is 14.4 Å². The number of ketones is 1. The summed E-state index contributed by atoms with van der Waals surface area (Å²) in [5.74, 6) is 1.71. The average Bonchev–Trinajstić information content (AvgIpc) is 3.33. The van der Waals surface area contributed by atoms with Crippen LogP contribution in [-0.2, 0) is 4.84 Å². The molecular formula is C28H31N5O3. The molecule has 1 atom stereocenters. The van der Waals surface area contributed by atoms with E-state index in [0.29, 0.717) is 25.1 Å². The minimum atomic E-state index is 0.0656. The fourth-order valence-corrected chi connectivity index (χ4v) is 4.83. The van der Waals surface area contributed by atoms with Gasteiger partial charge in [0.05, 0.1) is 30.9 Å². The molecule has 0 aliphatic carbocycles. The number of Topliss-reactive ketones (excluding diaryl/α,β-unsaturated/α-hetero) is 1. The molecule has 5 rings (SSSR count). The van der Waals surface area contributed by atoms with Crippen LogP contribution in [0.5, 0.6) is 5.75 Å². The molecule has 1 fully saturated rings. The molecular weight excluding hydrogens is 454 g/mol. The lowest BCUT2D eigenvalue weighted by molar-refractivity contribution is 0.0527. The van der Waals surface area contributed by atoms with Crippen LogP contribution < -0.4 is 4.74 Å². The van der Waals surface area contributed by atoms with E-state index in [1.807, 2.05) is 48.9 Å². The van der Waals surface area contributed by atoms with Gasteiger partial charge in [0.15, 0.2) is 11.6 Å². The summed E-state index contributed by atoms with van der Waals surface area (Å²) in [6, 6.07) is 11.8. The van der Waals surface area contributed by atoms with Crippen molar-refractivity contribution in [1.29, 1.82) is 0 Å². The minimum absolute atomic E-state index is 0.0656. The lowest BCUT2D eigenvalue weighted by Gasteiger charge is -2.40. The molecule has 0 amide bonds. The molecule has 2 aliphatic rings. The number of nitrogens with zero attached hydrogens (tertiary/aromatic N) is 5. The van der Waals surface area contributed by atoms with Crippen LogP contribution in [0.15, 0.2) is 59.7 Å². The quantitative estimate of drug-likeness (QED) is 0.450. The third kappa shape index (κ3) is 5.03. The van der Waals surface area contributed by atoms with Gasteiger partial charge >= 0.3 is 0 Å². The molecule has 0 unspecified atom stereocenters. The molecule has 0 saturated carbocycles. The Bertz CT molecular complexity index is 1330. The fraction of sp³-hybridized carbons (Fsp3) is 0.357. The molecule has 1 aromatic carbocycles. The number of piperidine rings is 1. The second-order valence-electron chi connectivity index (χ2n) is 9.31. The molecule has 8 heteroatoms. The highest BCUT2D eigenvalue weighted by molar-refractivity contribution is 6.03. The largest absolute Gasteiger partial charge is 0.495 e. The second-order valence-corrected chi connectivity index (χ2v) is 9.31. The SMILES string of the molecule is COc1cc(/C=C2\CCCN3C2=NOC[C@@H]3CCC(=O)c2cccc(C)n2)ccc1-n1cnc(C)c1. The minimum Gasteiger partial charge on any atom is -0.495 e. The van der Waals surface area contributed by atoms with E-state index in [1.165, 1.54) is 0 Å². The van der Waals surface area contributed by atoms with Crippen LogP contribution in [0.3, 0.4) is 0 Å². The number of rotatable bonds is 7. The van der Waals surface area contributed by atoms with Crippen molar-refractivity contribution in [2.75, 3.05) is 20.3 Å². The number of fused-ring (bicyclic) bond motifs is 1. The van der Waals surface area contributed by atoms with Crippen molar-refractivity contribution in [3.8, 4) is 11.4 Å². The number of benzene rings is 1. The molecule has 4 heterocycles. The number of oxime groups is 1. The van der Waals surface area contributed by atoms with Crippen molar-refractivity contribution in [1.82, 2.24) is 19.4 Å². The number of pyridine rings is 1. The first-order chi connectivity index (χ1) is 17.5. The number of hydrogen-bond acceptors (Lipinski definition) is 7. The Morgan fingerprint density at radius 3 is 2.89 bits per heavy atom. The number of carbonyl (C=O) groups excluding carboxylic acids is 1. The third-order valence-electron chi connectivity index (χ3n) is 6.68. The van der Waals surface area contributed by atoms with Crippen LogP contribution in [0.1, 0.15) is 53.1 Å². The lowest BCUT2D eigenvalue weighted by atomic mass is 9.96. The van der Waals surface area contributed by atoms with Crippen molar-refractivity contribution in [3.63, 3.8) is 0 Å². The summed E-state index contributed by atoms with van der Waals surface area (Å²) in [4.78, 5) is 29.4. The van der Waals surface area contributed by atoms with Gasteiger partial charge in [0.2, 0.25) is 0 Å². The zero-order chi connectivity index (χ0) is 25.1. The highest BCUT2D eigenvalue weighted by Gasteiger charge is 2.32. The third-order valence-corrected chi connectivity index (χ3v) is 6.68. The van der Waals surface area contributed by atoms with E-state index in [0.717, 1.165) is 59.2 Å². The van der Waals surface area contributed by atoms with Gasteiger partial charge in [-0.2, -0.15) is 0 Å². The zero-order valence-corrected chi connectivity index (χ0v) is 21.0. The highest BCUT2D eigenvalue weighted by Crippen LogP contribution is 2.30. The molecule has 0 bridgehead atoms. The molecule has 1 saturated heterocycles. The number of amidine groups is 1. The topological polar surface area (TPSA) is 81.8 Å². The zero-order valence-electron chi connectivity index (χ0n) is 21.0. The first-order valence-corrected chi connectivity index (χ1v) is 12.4.